The number of carbonyl (C=O) groups excluding carboxylic acids is 6. The van der Waals surface area contributed by atoms with Crippen molar-refractivity contribution in [2.24, 2.45) is 16.5 Å². The summed E-state index contributed by atoms with van der Waals surface area (Å²) < 4.78 is 0. The Labute approximate surface area is 356 Å². The minimum absolute atomic E-state index is 0.0321. The number of thioether (sulfide) groups is 1. The van der Waals surface area contributed by atoms with Crippen molar-refractivity contribution < 1.29 is 43.8 Å². The third-order valence-corrected chi connectivity index (χ3v) is 10.5. The summed E-state index contributed by atoms with van der Waals surface area (Å²) in [4.78, 5) is 95.1. The van der Waals surface area contributed by atoms with E-state index in [4.69, 9.17) is 11.5 Å². The van der Waals surface area contributed by atoms with Gasteiger partial charge in [-0.3, -0.25) is 38.6 Å². The van der Waals surface area contributed by atoms with Crippen LogP contribution in [0.5, 0.6) is 0 Å². The van der Waals surface area contributed by atoms with Crippen molar-refractivity contribution in [3.8, 4) is 0 Å². The number of carboxylic acid groups (broad SMARTS) is 1. The number of aliphatic imine (C=N–C) groups is 1. The molecule has 1 rings (SSSR count). The number of unbranched alkanes of at least 4 members (excludes halogenated alkanes) is 5. The molecule has 0 aromatic rings. The summed E-state index contributed by atoms with van der Waals surface area (Å²) in [5, 5.41) is 32.8. The summed E-state index contributed by atoms with van der Waals surface area (Å²) >= 11 is 1.42. The van der Waals surface area contributed by atoms with Gasteiger partial charge in [-0.05, 0) is 70.9 Å². The van der Waals surface area contributed by atoms with Crippen molar-refractivity contribution in [2.75, 3.05) is 25.1 Å². The van der Waals surface area contributed by atoms with E-state index in [0.29, 0.717) is 18.7 Å². The van der Waals surface area contributed by atoms with Crippen LogP contribution < -0.4 is 38.1 Å². The molecule has 1 aliphatic rings. The Kier molecular flexibility index (Phi) is 31.8. The maximum Gasteiger partial charge on any atom is 0.303 e. The lowest BCUT2D eigenvalue weighted by atomic mass is 10.0. The first-order chi connectivity index (χ1) is 28.1. The smallest absolute Gasteiger partial charge is 0.303 e. The predicted molar refractivity (Wildman–Crippen MR) is 233 cm³/mol. The van der Waals surface area contributed by atoms with Crippen LogP contribution in [0.1, 0.15) is 150 Å². The summed E-state index contributed by atoms with van der Waals surface area (Å²) in [6, 6.07) is -6.22. The van der Waals surface area contributed by atoms with E-state index >= 15 is 0 Å². The molecule has 1 saturated heterocycles. The van der Waals surface area contributed by atoms with Gasteiger partial charge < -0.3 is 48.3 Å². The molecule has 1 aliphatic heterocycles. The fourth-order valence-electron chi connectivity index (χ4n) is 6.21. The number of nitrogens with two attached hydrogens (primary N) is 2. The van der Waals surface area contributed by atoms with Gasteiger partial charge in [0.1, 0.15) is 18.1 Å². The number of nitrogens with zero attached hydrogens (tertiary/aromatic N) is 1. The Morgan fingerprint density at radius 2 is 1.29 bits per heavy atom. The maximum atomic E-state index is 13.7. The van der Waals surface area contributed by atoms with E-state index in [1.165, 1.54) is 57.2 Å². The number of nitrogens with one attached hydrogen (secondary N) is 5. The fraction of sp³-hybridized carbons (Fsp3) is 0.805. The van der Waals surface area contributed by atoms with Gasteiger partial charge >= 0.3 is 5.97 Å². The van der Waals surface area contributed by atoms with Gasteiger partial charge in [-0.15, -0.1) is 0 Å². The van der Waals surface area contributed by atoms with Crippen molar-refractivity contribution in [3.05, 3.63) is 0 Å². The number of amides is 4. The highest BCUT2D eigenvalue weighted by molar-refractivity contribution is 7.98. The Morgan fingerprint density at radius 1 is 0.746 bits per heavy atom. The third-order valence-electron chi connectivity index (χ3n) is 9.81. The van der Waals surface area contributed by atoms with E-state index in [1.54, 1.807) is 6.92 Å². The van der Waals surface area contributed by atoms with E-state index in [-0.39, 0.29) is 44.6 Å². The van der Waals surface area contributed by atoms with Crippen LogP contribution in [0.15, 0.2) is 4.99 Å². The molecule has 340 valence electrons. The van der Waals surface area contributed by atoms with Gasteiger partial charge in [-0.25, -0.2) is 0 Å². The van der Waals surface area contributed by atoms with Crippen molar-refractivity contribution in [1.82, 2.24) is 26.6 Å². The van der Waals surface area contributed by atoms with Gasteiger partial charge in [-0.2, -0.15) is 11.8 Å². The van der Waals surface area contributed by atoms with Crippen LogP contribution in [-0.2, 0) is 33.6 Å². The molecule has 0 aromatic heterocycles. The number of aliphatic hydroxyl groups excluding tert-OH is 1. The molecule has 0 aliphatic carbocycles. The van der Waals surface area contributed by atoms with E-state index in [9.17, 15) is 43.8 Å². The lowest BCUT2D eigenvalue weighted by Crippen LogP contribution is -2.59. The molecule has 0 aromatic carbocycles. The average molecular weight is 857 g/mol. The quantitative estimate of drug-likeness (QED) is 0.0468. The first kappa shape index (κ1) is 55.2. The highest BCUT2D eigenvalue weighted by Gasteiger charge is 2.34. The molecule has 6 atom stereocenters. The number of carbonyl (C=O) groups is 7. The molecule has 0 saturated carbocycles. The number of hydrogen-bond acceptors (Lipinski definition) is 11. The van der Waals surface area contributed by atoms with Crippen molar-refractivity contribution in [2.45, 2.75) is 186 Å². The molecule has 11 N–H and O–H groups in total. The third kappa shape index (κ3) is 26.8. The summed E-state index contributed by atoms with van der Waals surface area (Å²) in [5.74, 6) is -5.58. The first-order valence-electron chi connectivity index (χ1n) is 21.5. The van der Waals surface area contributed by atoms with Gasteiger partial charge in [0.2, 0.25) is 35.2 Å². The lowest BCUT2D eigenvalue weighted by molar-refractivity contribution is -0.140. The summed E-state index contributed by atoms with van der Waals surface area (Å²) in [6.07, 6.45) is 14.3. The summed E-state index contributed by atoms with van der Waals surface area (Å²) in [6.45, 7) is 8.01. The molecule has 1 fully saturated rings. The number of aliphatic hydroxyl groups is 1. The zero-order valence-electron chi connectivity index (χ0n) is 36.3. The zero-order chi connectivity index (χ0) is 44.6. The largest absolute Gasteiger partial charge is 0.481 e. The molecule has 0 spiro atoms. The molecule has 4 amide bonds. The normalized spacial score (nSPS) is 23.1. The maximum absolute atomic E-state index is 13.7. The molecule has 17 nitrogen and oxygen atoms in total. The second kappa shape index (κ2) is 34.0. The SMILES string of the molecule is CCCCCCCC.CSCCC1NC(=O)[C@H](CCCN=C(N)N)NC(=O)C(CCC(=O)O)NC(=O)[C@H]([C@@H](C)O)NC(=O)CCCCCCCCCNC(C)C(=O)C1=O. The molecule has 3 unspecified atom stereocenters. The average Bonchev–Trinajstić information content (AvgIpc) is 3.19. The van der Waals surface area contributed by atoms with Crippen LogP contribution in [0, 0.1) is 0 Å². The minimum Gasteiger partial charge on any atom is -0.481 e. The van der Waals surface area contributed by atoms with Crippen molar-refractivity contribution >= 4 is 58.9 Å². The highest BCUT2D eigenvalue weighted by atomic mass is 32.2. The molecule has 59 heavy (non-hydrogen) atoms. The Morgan fingerprint density at radius 3 is 1.83 bits per heavy atom. The minimum atomic E-state index is -1.49. The zero-order valence-corrected chi connectivity index (χ0v) is 37.1. The Bertz CT molecular complexity index is 1290. The van der Waals surface area contributed by atoms with E-state index in [1.807, 2.05) is 6.26 Å². The molecule has 0 bridgehead atoms. The molecule has 18 heteroatoms. The number of Topliss-reactive ketones (excluding diaryl/α,β-unsaturated/α-hetero) is 2. The number of rotatable bonds is 16. The fourth-order valence-corrected chi connectivity index (χ4v) is 6.69. The molecular formula is C41H76N8O9S. The topological polar surface area (TPSA) is 284 Å². The van der Waals surface area contributed by atoms with Crippen LogP contribution in [0.2, 0.25) is 0 Å². The van der Waals surface area contributed by atoms with Crippen LogP contribution in [0.3, 0.4) is 0 Å². The van der Waals surface area contributed by atoms with Crippen LogP contribution >= 0.6 is 11.8 Å². The van der Waals surface area contributed by atoms with Gasteiger partial charge in [0.05, 0.1) is 18.2 Å². The van der Waals surface area contributed by atoms with Crippen LogP contribution in [-0.4, -0.2) is 119 Å². The van der Waals surface area contributed by atoms with E-state index in [0.717, 1.165) is 38.5 Å². The standard InChI is InChI=1S/C33H58N8O9S.C8H18/c1-20-28(46)29(47)22(16-19-51-3)38-30(48)23(12-11-18-37-33(34)35)39-31(49)24(14-15-26(44)45)40-32(50)27(21(2)42)41-25(43)13-9-7-5-4-6-8-10-17-36-20;1-3-5-7-8-6-4-2/h20-24,27,36,42H,4-19H2,1-3H3,(H,38,48)(H,39,49)(H,40,50)(H,41,43)(H,44,45)(H4,34,35,37);3-8H2,1-2H3/t20?,21-,22?,23+,24?,27+;/m1./s1. The molecular weight excluding hydrogens is 781 g/mol. The van der Waals surface area contributed by atoms with E-state index < -0.39 is 83.9 Å². The Balaban J connectivity index is 0.00000378. The predicted octanol–water partition coefficient (Wildman–Crippen LogP) is 2.60. The van der Waals surface area contributed by atoms with Gasteiger partial charge in [-0.1, -0.05) is 84.5 Å². The Hall–Kier alpha value is -3.77. The molecule has 0 radical (unpaired) electrons. The number of aliphatic carboxylic acids is 1. The van der Waals surface area contributed by atoms with Gasteiger partial charge in [0.25, 0.3) is 0 Å². The lowest BCUT2D eigenvalue weighted by Gasteiger charge is -2.27. The monoisotopic (exact) mass is 857 g/mol. The second-order valence-corrected chi connectivity index (χ2v) is 16.2. The first-order valence-corrected chi connectivity index (χ1v) is 22.9. The highest BCUT2D eigenvalue weighted by Crippen LogP contribution is 2.11. The van der Waals surface area contributed by atoms with Crippen molar-refractivity contribution in [3.63, 3.8) is 0 Å². The van der Waals surface area contributed by atoms with Gasteiger partial charge in [0, 0.05) is 19.4 Å². The number of ketones is 2. The number of guanidine groups is 1. The van der Waals surface area contributed by atoms with Crippen molar-refractivity contribution in [1.29, 1.82) is 0 Å². The summed E-state index contributed by atoms with van der Waals surface area (Å²) in [5.41, 5.74) is 10.8. The van der Waals surface area contributed by atoms with Gasteiger partial charge in [0.15, 0.2) is 5.96 Å². The van der Waals surface area contributed by atoms with E-state index in [2.05, 4.69) is 45.4 Å². The summed E-state index contributed by atoms with van der Waals surface area (Å²) in [7, 11) is 0. The van der Waals surface area contributed by atoms with Crippen LogP contribution in [0.4, 0.5) is 0 Å². The molecule has 1 heterocycles. The van der Waals surface area contributed by atoms with Crippen LogP contribution in [0.25, 0.3) is 0 Å². The number of carboxylic acids is 1. The number of hydrogen-bond donors (Lipinski definition) is 9. The second-order valence-electron chi connectivity index (χ2n) is 15.2.